The minimum atomic E-state index is -1.07. The lowest BCUT2D eigenvalue weighted by Crippen LogP contribution is -2.17. The Morgan fingerprint density at radius 3 is 1.70 bits per heavy atom. The highest BCUT2D eigenvalue weighted by atomic mass is 16.4. The molecule has 168 valence electrons. The lowest BCUT2D eigenvalue weighted by atomic mass is 10.1. The van der Waals surface area contributed by atoms with E-state index in [4.69, 9.17) is 15.9 Å². The Morgan fingerprint density at radius 2 is 1.30 bits per heavy atom. The molecule has 1 heterocycles. The van der Waals surface area contributed by atoms with Crippen molar-refractivity contribution in [2.75, 3.05) is 17.7 Å². The fourth-order valence-electron chi connectivity index (χ4n) is 3.06. The summed E-state index contributed by atoms with van der Waals surface area (Å²) >= 11 is 0. The van der Waals surface area contributed by atoms with Gasteiger partial charge in [0.05, 0.1) is 16.7 Å². The molecule has 0 aliphatic rings. The van der Waals surface area contributed by atoms with Crippen LogP contribution in [0.15, 0.2) is 58.8 Å². The molecule has 0 saturated carbocycles. The summed E-state index contributed by atoms with van der Waals surface area (Å²) in [4.78, 5) is 38.9. The molecule has 1 amide bonds. The molecule has 3 aromatic rings. The van der Waals surface area contributed by atoms with E-state index in [0.717, 1.165) is 0 Å². The van der Waals surface area contributed by atoms with Crippen LogP contribution >= 0.6 is 0 Å². The zero-order chi connectivity index (χ0) is 24.1. The number of carboxylic acid groups (broad SMARTS) is 2. The predicted molar refractivity (Wildman–Crippen MR) is 121 cm³/mol. The van der Waals surface area contributed by atoms with Gasteiger partial charge in [0.15, 0.2) is 5.82 Å². The maximum Gasteiger partial charge on any atom is 0.335 e. The Hall–Kier alpha value is -4.80. The monoisotopic (exact) mass is 448 g/mol. The second-order valence-electron chi connectivity index (χ2n) is 6.84. The van der Waals surface area contributed by atoms with Gasteiger partial charge in [0.1, 0.15) is 11.5 Å². The highest BCUT2D eigenvalue weighted by Gasteiger charge is 2.21. The summed E-state index contributed by atoms with van der Waals surface area (Å²) < 4.78 is 0. The van der Waals surface area contributed by atoms with Gasteiger partial charge in [-0.05, 0) is 61.0 Å². The summed E-state index contributed by atoms with van der Waals surface area (Å²) in [7, 11) is 1.46. The number of anilines is 4. The van der Waals surface area contributed by atoms with Crippen molar-refractivity contribution in [2.24, 2.45) is 16.0 Å². The van der Waals surface area contributed by atoms with Crippen molar-refractivity contribution >= 4 is 46.5 Å². The van der Waals surface area contributed by atoms with Crippen LogP contribution < -0.4 is 16.4 Å². The molecule has 11 heteroatoms. The maximum atomic E-state index is 12.2. The number of hydrogen-bond acceptors (Lipinski definition) is 8. The van der Waals surface area contributed by atoms with Crippen LogP contribution in [-0.4, -0.2) is 40.1 Å². The quantitative estimate of drug-likeness (QED) is 0.320. The van der Waals surface area contributed by atoms with Gasteiger partial charge < -0.3 is 26.6 Å². The Morgan fingerprint density at radius 1 is 0.848 bits per heavy atom. The Labute approximate surface area is 188 Å². The van der Waals surface area contributed by atoms with Crippen molar-refractivity contribution in [1.29, 1.82) is 0 Å². The number of primary amides is 1. The topological polar surface area (TPSA) is 179 Å². The van der Waals surface area contributed by atoms with Crippen LogP contribution in [0.2, 0.25) is 0 Å². The van der Waals surface area contributed by atoms with Crippen molar-refractivity contribution in [3.05, 3.63) is 70.8 Å². The molecule has 11 nitrogen and oxygen atoms in total. The maximum absolute atomic E-state index is 12.2. The molecule has 0 unspecified atom stereocenters. The number of nitrogens with zero attached hydrogens (tertiary/aromatic N) is 3. The van der Waals surface area contributed by atoms with E-state index in [1.807, 2.05) is 0 Å². The first-order valence-electron chi connectivity index (χ1n) is 9.56. The van der Waals surface area contributed by atoms with Gasteiger partial charge in [0.25, 0.3) is 5.91 Å². The number of benzene rings is 2. The van der Waals surface area contributed by atoms with E-state index in [1.165, 1.54) is 43.4 Å². The molecule has 0 saturated heterocycles. The predicted octanol–water partition coefficient (Wildman–Crippen LogP) is 4.09. The van der Waals surface area contributed by atoms with Crippen LogP contribution in [0.5, 0.6) is 0 Å². The summed E-state index contributed by atoms with van der Waals surface area (Å²) in [5, 5.41) is 32.0. The van der Waals surface area contributed by atoms with Crippen LogP contribution in [0.1, 0.15) is 36.6 Å². The van der Waals surface area contributed by atoms with Crippen molar-refractivity contribution in [3.8, 4) is 0 Å². The molecular formula is C22H20N6O5. The van der Waals surface area contributed by atoms with Crippen LogP contribution in [0.25, 0.3) is 0 Å². The van der Waals surface area contributed by atoms with Crippen LogP contribution in [0.4, 0.5) is 28.7 Å². The summed E-state index contributed by atoms with van der Waals surface area (Å²) in [6.07, 6.45) is 0. The Bertz CT molecular complexity index is 1250. The molecule has 0 atom stereocenters. The zero-order valence-electron chi connectivity index (χ0n) is 17.7. The van der Waals surface area contributed by atoms with Gasteiger partial charge >= 0.3 is 11.9 Å². The normalized spacial score (nSPS) is 10.7. The second kappa shape index (κ2) is 9.56. The third kappa shape index (κ3) is 5.10. The van der Waals surface area contributed by atoms with E-state index in [9.17, 15) is 14.4 Å². The number of nitrogens with one attached hydrogen (secondary N) is 2. The molecule has 2 aromatic carbocycles. The molecular weight excluding hydrogens is 428 g/mol. The molecule has 0 spiro atoms. The van der Waals surface area contributed by atoms with E-state index in [1.54, 1.807) is 19.1 Å². The molecule has 0 bridgehead atoms. The first-order valence-corrected chi connectivity index (χ1v) is 9.56. The molecule has 6 N–H and O–H groups in total. The van der Waals surface area contributed by atoms with Crippen molar-refractivity contribution in [1.82, 2.24) is 4.98 Å². The molecule has 0 aliphatic carbocycles. The van der Waals surface area contributed by atoms with Gasteiger partial charge in [0, 0.05) is 18.4 Å². The molecule has 33 heavy (non-hydrogen) atoms. The third-order valence-corrected chi connectivity index (χ3v) is 4.65. The van der Waals surface area contributed by atoms with E-state index in [-0.39, 0.29) is 34.0 Å². The highest BCUT2D eigenvalue weighted by Crippen LogP contribution is 2.36. The van der Waals surface area contributed by atoms with Crippen molar-refractivity contribution in [3.63, 3.8) is 0 Å². The number of carbonyl (C=O) groups is 3. The largest absolute Gasteiger partial charge is 0.478 e. The van der Waals surface area contributed by atoms with E-state index in [0.29, 0.717) is 16.9 Å². The average Bonchev–Trinajstić information content (AvgIpc) is 2.77. The van der Waals surface area contributed by atoms with Gasteiger partial charge in [-0.25, -0.2) is 14.6 Å². The minimum Gasteiger partial charge on any atom is -0.478 e. The lowest BCUT2D eigenvalue weighted by Gasteiger charge is -2.17. The number of pyridine rings is 1. The summed E-state index contributed by atoms with van der Waals surface area (Å²) in [5.74, 6) is -2.49. The number of rotatable bonds is 8. The number of azo groups is 1. The number of aromatic carboxylic acids is 2. The Kier molecular flexibility index (Phi) is 6.63. The fourth-order valence-corrected chi connectivity index (χ4v) is 3.06. The minimum absolute atomic E-state index is 0.0893. The van der Waals surface area contributed by atoms with Gasteiger partial charge in [-0.2, -0.15) is 10.2 Å². The summed E-state index contributed by atoms with van der Waals surface area (Å²) in [6.45, 7) is 1.64. The van der Waals surface area contributed by atoms with Crippen molar-refractivity contribution < 1.29 is 24.6 Å². The van der Waals surface area contributed by atoms with Crippen molar-refractivity contribution in [2.45, 2.75) is 6.92 Å². The van der Waals surface area contributed by atoms with E-state index < -0.39 is 17.8 Å². The average molecular weight is 448 g/mol. The highest BCUT2D eigenvalue weighted by molar-refractivity contribution is 6.02. The number of carbonyl (C=O) groups excluding carboxylic acids is 1. The summed E-state index contributed by atoms with van der Waals surface area (Å²) in [5.41, 5.74) is 7.62. The van der Waals surface area contributed by atoms with Crippen LogP contribution in [0.3, 0.4) is 0 Å². The van der Waals surface area contributed by atoms with Gasteiger partial charge in [0.2, 0.25) is 0 Å². The van der Waals surface area contributed by atoms with Crippen LogP contribution in [0, 0.1) is 6.92 Å². The number of nitrogens with two attached hydrogens (primary N) is 1. The molecule has 0 radical (unpaired) electrons. The molecule has 3 rings (SSSR count). The van der Waals surface area contributed by atoms with Gasteiger partial charge in [-0.3, -0.25) is 4.79 Å². The Balaban J connectivity index is 2.08. The van der Waals surface area contributed by atoms with Crippen LogP contribution in [-0.2, 0) is 0 Å². The number of hydrogen-bond donors (Lipinski definition) is 5. The number of aromatic nitrogens is 1. The molecule has 1 aromatic heterocycles. The van der Waals surface area contributed by atoms with E-state index >= 15 is 0 Å². The lowest BCUT2D eigenvalue weighted by molar-refractivity contribution is 0.0686. The third-order valence-electron chi connectivity index (χ3n) is 4.65. The van der Waals surface area contributed by atoms with Gasteiger partial charge in [-0.1, -0.05) is 0 Å². The van der Waals surface area contributed by atoms with E-state index in [2.05, 4.69) is 25.8 Å². The second-order valence-corrected chi connectivity index (χ2v) is 6.84. The number of amides is 1. The van der Waals surface area contributed by atoms with Gasteiger partial charge in [-0.15, -0.1) is 0 Å². The fraction of sp³-hybridized carbons (Fsp3) is 0.0909. The molecule has 0 aliphatic heterocycles. The SMILES string of the molecule is CN=Nc1c(Nc2ccc(C(=O)O)cc2)nc(Nc2ccc(C(=O)O)cc2)c(C(N)=O)c1C. The molecule has 0 fully saturated rings. The standard InChI is InChI=1S/C22H20N6O5/c1-11-16(18(23)29)19(25-14-7-3-12(4-8-14)21(30)31)27-20(17(11)28-24-2)26-15-9-5-13(6-10-15)22(32)33/h3-10H,1-2H3,(H2,23,29)(H,30,31)(H,32,33)(H2,25,26,27). The number of carboxylic acids is 2. The zero-order valence-corrected chi connectivity index (χ0v) is 17.7. The summed E-state index contributed by atoms with van der Waals surface area (Å²) in [6, 6.07) is 11.9. The first kappa shape index (κ1) is 22.9. The first-order chi connectivity index (χ1) is 15.7. The smallest absolute Gasteiger partial charge is 0.335 e.